The average molecular weight is 345 g/mol. The SMILES string of the molecule is CN(C)C(=O)CN1C[C@@H]2CC[C@H](C1)N(C(=O)OCc1ccccc1)C2. The van der Waals surface area contributed by atoms with Crippen LogP contribution in [0.1, 0.15) is 18.4 Å². The number of hydrogen-bond acceptors (Lipinski definition) is 4. The minimum Gasteiger partial charge on any atom is -0.445 e. The highest BCUT2D eigenvalue weighted by molar-refractivity contribution is 5.77. The largest absolute Gasteiger partial charge is 0.445 e. The van der Waals surface area contributed by atoms with E-state index in [9.17, 15) is 9.59 Å². The first-order chi connectivity index (χ1) is 12.0. The lowest BCUT2D eigenvalue weighted by Gasteiger charge is -2.35. The monoisotopic (exact) mass is 345 g/mol. The molecule has 0 N–H and O–H groups in total. The fourth-order valence-corrected chi connectivity index (χ4v) is 3.67. The van der Waals surface area contributed by atoms with Gasteiger partial charge in [-0.05, 0) is 24.3 Å². The van der Waals surface area contributed by atoms with Crippen LogP contribution < -0.4 is 0 Å². The van der Waals surface area contributed by atoms with Gasteiger partial charge in [-0.1, -0.05) is 30.3 Å². The van der Waals surface area contributed by atoms with Gasteiger partial charge in [-0.3, -0.25) is 9.69 Å². The van der Waals surface area contributed by atoms with Crippen molar-refractivity contribution in [2.45, 2.75) is 25.5 Å². The molecule has 136 valence electrons. The van der Waals surface area contributed by atoms with Crippen molar-refractivity contribution in [1.29, 1.82) is 0 Å². The number of nitrogens with zero attached hydrogens (tertiary/aromatic N) is 3. The molecule has 3 saturated heterocycles. The summed E-state index contributed by atoms with van der Waals surface area (Å²) in [7, 11) is 3.56. The van der Waals surface area contributed by atoms with Crippen molar-refractivity contribution in [3.8, 4) is 0 Å². The normalized spacial score (nSPS) is 23.2. The molecule has 2 atom stereocenters. The van der Waals surface area contributed by atoms with Crippen LogP contribution in [0.2, 0.25) is 0 Å². The van der Waals surface area contributed by atoms with Gasteiger partial charge >= 0.3 is 6.09 Å². The van der Waals surface area contributed by atoms with Crippen molar-refractivity contribution in [1.82, 2.24) is 14.7 Å². The van der Waals surface area contributed by atoms with Crippen molar-refractivity contribution in [3.63, 3.8) is 0 Å². The lowest BCUT2D eigenvalue weighted by molar-refractivity contribution is -0.129. The maximum Gasteiger partial charge on any atom is 0.410 e. The first-order valence-electron chi connectivity index (χ1n) is 8.92. The zero-order valence-corrected chi connectivity index (χ0v) is 15.1. The lowest BCUT2D eigenvalue weighted by Crippen LogP contribution is -2.48. The maximum atomic E-state index is 12.6. The number of carbonyl (C=O) groups excluding carboxylic acids is 2. The number of benzene rings is 1. The molecule has 0 saturated carbocycles. The van der Waals surface area contributed by atoms with Crippen LogP contribution in [0.5, 0.6) is 0 Å². The highest BCUT2D eigenvalue weighted by Gasteiger charge is 2.38. The van der Waals surface area contributed by atoms with Crippen LogP contribution in [-0.4, -0.2) is 73.0 Å². The summed E-state index contributed by atoms with van der Waals surface area (Å²) < 4.78 is 5.52. The molecule has 1 aromatic carbocycles. The van der Waals surface area contributed by atoms with Crippen LogP contribution in [0.25, 0.3) is 0 Å². The molecular weight excluding hydrogens is 318 g/mol. The second kappa shape index (κ2) is 7.87. The van der Waals surface area contributed by atoms with Crippen molar-refractivity contribution in [3.05, 3.63) is 35.9 Å². The van der Waals surface area contributed by atoms with E-state index >= 15 is 0 Å². The molecule has 0 aliphatic carbocycles. The van der Waals surface area contributed by atoms with Gasteiger partial charge in [0.2, 0.25) is 5.91 Å². The topological polar surface area (TPSA) is 53.1 Å². The average Bonchev–Trinajstić information content (AvgIpc) is 2.91. The molecule has 3 fully saturated rings. The number of amides is 2. The predicted molar refractivity (Wildman–Crippen MR) is 95.0 cm³/mol. The minimum absolute atomic E-state index is 0.111. The Morgan fingerprint density at radius 1 is 1.12 bits per heavy atom. The molecular formula is C19H27N3O3. The highest BCUT2D eigenvalue weighted by atomic mass is 16.6. The third kappa shape index (κ3) is 4.51. The van der Waals surface area contributed by atoms with E-state index in [1.165, 1.54) is 0 Å². The smallest absolute Gasteiger partial charge is 0.410 e. The van der Waals surface area contributed by atoms with Crippen LogP contribution >= 0.6 is 0 Å². The first-order valence-corrected chi connectivity index (χ1v) is 8.92. The molecule has 3 aliphatic rings. The number of ether oxygens (including phenoxy) is 1. The summed E-state index contributed by atoms with van der Waals surface area (Å²) >= 11 is 0. The summed E-state index contributed by atoms with van der Waals surface area (Å²) in [5.41, 5.74) is 0.994. The van der Waals surface area contributed by atoms with Crippen molar-refractivity contribution in [2.75, 3.05) is 40.3 Å². The summed E-state index contributed by atoms with van der Waals surface area (Å²) in [4.78, 5) is 30.3. The van der Waals surface area contributed by atoms with Gasteiger partial charge in [-0.25, -0.2) is 4.79 Å². The third-order valence-corrected chi connectivity index (χ3v) is 5.09. The van der Waals surface area contributed by atoms with Gasteiger partial charge in [0, 0.05) is 39.8 Å². The lowest BCUT2D eigenvalue weighted by atomic mass is 9.95. The van der Waals surface area contributed by atoms with Gasteiger partial charge in [-0.15, -0.1) is 0 Å². The highest BCUT2D eigenvalue weighted by Crippen LogP contribution is 2.28. The van der Waals surface area contributed by atoms with Crippen molar-refractivity contribution < 1.29 is 14.3 Å². The standard InChI is InChI=1S/C19H27N3O3/c1-20(2)18(23)13-21-10-16-8-9-17(12-21)22(11-16)19(24)25-14-15-6-4-3-5-7-15/h3-7,16-17H,8-14H2,1-2H3/t16-,17+/m0/s1. The molecule has 25 heavy (non-hydrogen) atoms. The van der Waals surface area contributed by atoms with E-state index in [0.29, 0.717) is 19.1 Å². The minimum atomic E-state index is -0.237. The Morgan fingerprint density at radius 3 is 2.60 bits per heavy atom. The second-order valence-corrected chi connectivity index (χ2v) is 7.27. The summed E-state index contributed by atoms with van der Waals surface area (Å²) in [5, 5.41) is 0. The van der Waals surface area contributed by atoms with E-state index in [4.69, 9.17) is 4.74 Å². The molecule has 0 radical (unpaired) electrons. The Balaban J connectivity index is 1.58. The molecule has 2 amide bonds. The molecule has 2 bridgehead atoms. The summed E-state index contributed by atoms with van der Waals surface area (Å²) in [6.07, 6.45) is 1.86. The molecule has 6 heteroatoms. The molecule has 4 rings (SSSR count). The number of rotatable bonds is 4. The third-order valence-electron chi connectivity index (χ3n) is 5.09. The Hall–Kier alpha value is -2.08. The van der Waals surface area contributed by atoms with E-state index in [0.717, 1.165) is 38.0 Å². The molecule has 0 unspecified atom stereocenters. The molecule has 3 heterocycles. The fraction of sp³-hybridized carbons (Fsp3) is 0.579. The molecule has 6 nitrogen and oxygen atoms in total. The quantitative estimate of drug-likeness (QED) is 0.835. The van der Waals surface area contributed by atoms with Gasteiger partial charge in [0.15, 0.2) is 0 Å². The number of fused-ring (bicyclic) bond motifs is 4. The Labute approximate surface area is 149 Å². The Bertz CT molecular complexity index is 605. The molecule has 1 aromatic rings. The van der Waals surface area contributed by atoms with E-state index < -0.39 is 0 Å². The second-order valence-electron chi connectivity index (χ2n) is 7.27. The number of likely N-dealkylation sites (N-methyl/N-ethyl adjacent to an activating group) is 1. The summed E-state index contributed by atoms with van der Waals surface area (Å²) in [5.74, 6) is 0.525. The first kappa shape index (κ1) is 17.7. The van der Waals surface area contributed by atoms with Crippen LogP contribution in [0.3, 0.4) is 0 Å². The van der Waals surface area contributed by atoms with Gasteiger partial charge in [0.05, 0.1) is 6.54 Å². The number of hydrogen-bond donors (Lipinski definition) is 0. The van der Waals surface area contributed by atoms with E-state index in [1.807, 2.05) is 35.2 Å². The van der Waals surface area contributed by atoms with Crippen LogP contribution in [0.15, 0.2) is 30.3 Å². The van der Waals surface area contributed by atoms with Gasteiger partial charge in [-0.2, -0.15) is 0 Å². The van der Waals surface area contributed by atoms with Gasteiger partial charge in [0.1, 0.15) is 6.61 Å². The number of carbonyl (C=O) groups is 2. The van der Waals surface area contributed by atoms with Crippen molar-refractivity contribution in [2.24, 2.45) is 5.92 Å². The predicted octanol–water partition coefficient (Wildman–Crippen LogP) is 1.81. The van der Waals surface area contributed by atoms with Gasteiger partial charge < -0.3 is 14.5 Å². The zero-order chi connectivity index (χ0) is 17.8. The summed E-state index contributed by atoms with van der Waals surface area (Å²) in [6, 6.07) is 9.88. The zero-order valence-electron chi connectivity index (χ0n) is 15.1. The van der Waals surface area contributed by atoms with Crippen LogP contribution in [-0.2, 0) is 16.1 Å². The number of piperidine rings is 1. The van der Waals surface area contributed by atoms with Gasteiger partial charge in [0.25, 0.3) is 0 Å². The maximum absolute atomic E-state index is 12.6. The van der Waals surface area contributed by atoms with E-state index in [2.05, 4.69) is 4.90 Å². The molecule has 3 aliphatic heterocycles. The molecule has 0 aromatic heterocycles. The summed E-state index contributed by atoms with van der Waals surface area (Å²) in [6.45, 7) is 3.07. The van der Waals surface area contributed by atoms with E-state index in [-0.39, 0.29) is 18.0 Å². The molecule has 0 spiro atoms. The van der Waals surface area contributed by atoms with Crippen molar-refractivity contribution >= 4 is 12.0 Å². The van der Waals surface area contributed by atoms with E-state index in [1.54, 1.807) is 19.0 Å². The fourth-order valence-electron chi connectivity index (χ4n) is 3.67. The Morgan fingerprint density at radius 2 is 1.88 bits per heavy atom. The van der Waals surface area contributed by atoms with Crippen LogP contribution in [0, 0.1) is 5.92 Å². The Kier molecular flexibility index (Phi) is 5.58. The van der Waals surface area contributed by atoms with Crippen LogP contribution in [0.4, 0.5) is 4.79 Å².